The Morgan fingerprint density at radius 1 is 1.15 bits per heavy atom. The van der Waals surface area contributed by atoms with E-state index in [2.05, 4.69) is 20.4 Å². The Labute approximate surface area is 197 Å². The summed E-state index contributed by atoms with van der Waals surface area (Å²) >= 11 is 5.81. The van der Waals surface area contributed by atoms with Crippen LogP contribution in [0.25, 0.3) is 0 Å². The minimum absolute atomic E-state index is 0.0339. The Hall–Kier alpha value is -2.93. The zero-order valence-electron chi connectivity index (χ0n) is 18.0. The summed E-state index contributed by atoms with van der Waals surface area (Å²) in [6.07, 6.45) is -0.104. The molecule has 34 heavy (non-hydrogen) atoms. The van der Waals surface area contributed by atoms with Gasteiger partial charge >= 0.3 is 6.18 Å². The lowest BCUT2D eigenvalue weighted by atomic mass is 10.1. The van der Waals surface area contributed by atoms with Crippen LogP contribution < -0.4 is 15.8 Å². The number of aromatic amines is 1. The highest BCUT2D eigenvalue weighted by Crippen LogP contribution is 2.32. The minimum Gasteiger partial charge on any atom is -0.380 e. The molecule has 2 aromatic heterocycles. The van der Waals surface area contributed by atoms with Crippen LogP contribution in [-0.2, 0) is 15.7 Å². The van der Waals surface area contributed by atoms with Crippen molar-refractivity contribution in [3.8, 4) is 0 Å². The summed E-state index contributed by atoms with van der Waals surface area (Å²) in [5, 5.41) is 8.30. The van der Waals surface area contributed by atoms with Gasteiger partial charge in [0, 0.05) is 32.7 Å². The minimum atomic E-state index is -4.81. The summed E-state index contributed by atoms with van der Waals surface area (Å²) in [6.45, 7) is 2.31. The van der Waals surface area contributed by atoms with Gasteiger partial charge in [-0.1, -0.05) is 11.6 Å². The molecule has 0 saturated carbocycles. The Bertz CT molecular complexity index is 1060. The molecule has 1 unspecified atom stereocenters. The molecule has 0 radical (unpaired) electrons. The number of alkyl halides is 3. The van der Waals surface area contributed by atoms with E-state index in [1.165, 1.54) is 12.4 Å². The number of ether oxygens (including phenoxy) is 1. The first-order valence-corrected chi connectivity index (χ1v) is 11.1. The molecule has 4 heterocycles. The number of nitrogens with zero attached hydrogens (tertiary/aromatic N) is 5. The maximum atomic E-state index is 13.2. The van der Waals surface area contributed by atoms with Crippen LogP contribution in [-0.4, -0.2) is 75.9 Å². The molecule has 2 saturated heterocycles. The van der Waals surface area contributed by atoms with Crippen LogP contribution >= 0.6 is 11.6 Å². The van der Waals surface area contributed by atoms with E-state index in [4.69, 9.17) is 16.3 Å². The van der Waals surface area contributed by atoms with Gasteiger partial charge in [0.25, 0.3) is 5.56 Å². The van der Waals surface area contributed by atoms with Crippen molar-refractivity contribution in [2.24, 2.45) is 0 Å². The second-order valence-corrected chi connectivity index (χ2v) is 8.53. The number of rotatable bonds is 6. The molecule has 2 fully saturated rings. The fraction of sp³-hybridized carbons (Fsp3) is 0.550. The second kappa shape index (κ2) is 10.1. The van der Waals surface area contributed by atoms with E-state index in [9.17, 15) is 22.8 Å². The van der Waals surface area contributed by atoms with Gasteiger partial charge < -0.3 is 19.9 Å². The van der Waals surface area contributed by atoms with E-state index in [1.54, 1.807) is 10.00 Å². The van der Waals surface area contributed by atoms with E-state index in [-0.39, 0.29) is 31.1 Å². The molecular weight excluding hydrogens is 479 g/mol. The Morgan fingerprint density at radius 2 is 1.82 bits per heavy atom. The molecule has 2 aliphatic heterocycles. The first-order chi connectivity index (χ1) is 16.2. The van der Waals surface area contributed by atoms with Gasteiger partial charge in [0.15, 0.2) is 0 Å². The number of hydrogen-bond acceptors (Lipinski definition) is 8. The summed E-state index contributed by atoms with van der Waals surface area (Å²) in [5.74, 6) is 0.531. The van der Waals surface area contributed by atoms with Gasteiger partial charge in [-0.05, 0) is 12.8 Å². The number of nitrogens with one attached hydrogen (secondary N) is 2. The summed E-state index contributed by atoms with van der Waals surface area (Å²) in [5.41, 5.74) is -3.03. The van der Waals surface area contributed by atoms with Crippen LogP contribution in [0.1, 0.15) is 24.8 Å². The number of hydrogen-bond donors (Lipinski definition) is 2. The summed E-state index contributed by atoms with van der Waals surface area (Å²) in [7, 11) is 0. The molecule has 14 heteroatoms. The lowest BCUT2D eigenvalue weighted by Crippen LogP contribution is -2.49. The highest BCUT2D eigenvalue weighted by Gasteiger charge is 2.38. The third kappa shape index (κ3) is 5.76. The average molecular weight is 502 g/mol. The molecule has 2 aromatic rings. The molecule has 0 spiro atoms. The number of carbonyl (C=O) groups excluding carboxylic acids is 1. The fourth-order valence-electron chi connectivity index (χ4n) is 4.07. The van der Waals surface area contributed by atoms with Crippen LogP contribution in [0.15, 0.2) is 23.4 Å². The molecule has 0 aliphatic carbocycles. The van der Waals surface area contributed by atoms with Crippen molar-refractivity contribution in [3.05, 3.63) is 39.5 Å². The first kappa shape index (κ1) is 24.2. The van der Waals surface area contributed by atoms with Crippen LogP contribution in [0.4, 0.5) is 24.8 Å². The van der Waals surface area contributed by atoms with Gasteiger partial charge in [-0.15, -0.1) is 0 Å². The van der Waals surface area contributed by atoms with E-state index in [0.717, 1.165) is 6.20 Å². The molecule has 2 N–H and O–H groups in total. The molecule has 4 rings (SSSR count). The topological polar surface area (TPSA) is 116 Å². The maximum absolute atomic E-state index is 13.2. The van der Waals surface area contributed by atoms with E-state index >= 15 is 0 Å². The Morgan fingerprint density at radius 3 is 2.50 bits per heavy atom. The van der Waals surface area contributed by atoms with Gasteiger partial charge in [-0.25, -0.2) is 15.1 Å². The van der Waals surface area contributed by atoms with Gasteiger partial charge in [0.05, 0.1) is 47.9 Å². The Kier molecular flexibility index (Phi) is 7.22. The van der Waals surface area contributed by atoms with Gasteiger partial charge in [0.1, 0.15) is 5.56 Å². The molecule has 184 valence electrons. The first-order valence-electron chi connectivity index (χ1n) is 10.7. The lowest BCUT2D eigenvalue weighted by Gasteiger charge is -2.35. The zero-order chi connectivity index (χ0) is 24.3. The predicted octanol–water partition coefficient (Wildman–Crippen LogP) is 1.93. The highest BCUT2D eigenvalue weighted by molar-refractivity contribution is 6.30. The predicted molar refractivity (Wildman–Crippen MR) is 117 cm³/mol. The van der Waals surface area contributed by atoms with Crippen molar-refractivity contribution >= 4 is 29.1 Å². The van der Waals surface area contributed by atoms with E-state index in [0.29, 0.717) is 50.0 Å². The molecular formula is C20H23ClF3N7O3. The number of halogens is 4. The fourth-order valence-corrected chi connectivity index (χ4v) is 4.16. The normalized spacial score (nSPS) is 21.1. The summed E-state index contributed by atoms with van der Waals surface area (Å²) in [4.78, 5) is 36.4. The molecule has 1 amide bonds. The quantitative estimate of drug-likeness (QED) is 0.617. The smallest absolute Gasteiger partial charge is 0.380 e. The SMILES string of the molecule is O=C(CC1CC[C@H](CNc2cn[nH]c(=O)c2C(F)(F)F)O1)N1CCN(c2ncc(Cl)cn2)CC1. The summed E-state index contributed by atoms with van der Waals surface area (Å²) < 4.78 is 45.3. The van der Waals surface area contributed by atoms with Crippen molar-refractivity contribution in [3.63, 3.8) is 0 Å². The van der Waals surface area contributed by atoms with Gasteiger partial charge in [0.2, 0.25) is 11.9 Å². The molecule has 10 nitrogen and oxygen atoms in total. The highest BCUT2D eigenvalue weighted by atomic mass is 35.5. The molecule has 2 aliphatic rings. The van der Waals surface area contributed by atoms with Crippen molar-refractivity contribution < 1.29 is 22.7 Å². The van der Waals surface area contributed by atoms with Crippen molar-refractivity contribution in [2.45, 2.75) is 37.6 Å². The standard InChI is InChI=1S/C20H23ClF3N7O3/c21-12-8-26-19(27-9-12)31-5-3-30(4-6-31)16(32)7-13-1-2-14(34-13)10-25-15-11-28-29-18(33)17(15)20(22,23)24/h8-9,11,13-14H,1-7,10H2,(H2,25,29,33)/t13?,14-/m1/s1. The largest absolute Gasteiger partial charge is 0.423 e. The van der Waals surface area contributed by atoms with E-state index < -0.39 is 23.0 Å². The number of anilines is 2. The molecule has 0 bridgehead atoms. The van der Waals surface area contributed by atoms with Crippen molar-refractivity contribution in [1.82, 2.24) is 25.1 Å². The van der Waals surface area contributed by atoms with Crippen LogP contribution in [0.3, 0.4) is 0 Å². The lowest BCUT2D eigenvalue weighted by molar-refractivity contribution is -0.138. The van der Waals surface area contributed by atoms with Crippen LogP contribution in [0, 0.1) is 0 Å². The number of amides is 1. The zero-order valence-corrected chi connectivity index (χ0v) is 18.8. The second-order valence-electron chi connectivity index (χ2n) is 8.10. The van der Waals surface area contributed by atoms with Crippen LogP contribution in [0.2, 0.25) is 5.02 Å². The van der Waals surface area contributed by atoms with Gasteiger partial charge in [-0.3, -0.25) is 9.59 Å². The monoisotopic (exact) mass is 501 g/mol. The third-order valence-electron chi connectivity index (χ3n) is 5.78. The van der Waals surface area contributed by atoms with Crippen LogP contribution in [0.5, 0.6) is 0 Å². The van der Waals surface area contributed by atoms with E-state index in [1.807, 2.05) is 4.90 Å². The van der Waals surface area contributed by atoms with Crippen molar-refractivity contribution in [2.75, 3.05) is 42.9 Å². The molecule has 0 aromatic carbocycles. The maximum Gasteiger partial charge on any atom is 0.423 e. The number of aromatic nitrogens is 4. The average Bonchev–Trinajstić information content (AvgIpc) is 3.24. The summed E-state index contributed by atoms with van der Waals surface area (Å²) in [6, 6.07) is 0. The number of piperazine rings is 1. The molecule has 2 atom stereocenters. The number of H-pyrrole nitrogens is 1. The van der Waals surface area contributed by atoms with Crippen molar-refractivity contribution in [1.29, 1.82) is 0 Å². The number of carbonyl (C=O) groups is 1. The van der Waals surface area contributed by atoms with Gasteiger partial charge in [-0.2, -0.15) is 18.3 Å². The third-order valence-corrected chi connectivity index (χ3v) is 5.97. The Balaban J connectivity index is 1.23.